The zero-order valence-corrected chi connectivity index (χ0v) is 8.16. The standard InChI is InChI=1S/C11H13NO2/c1-8-3-4-10(13)9(7-8)11(14)12-5-2-6-12/h3-4,7,13H,2,5-6H2,1H3. The molecule has 1 amide bonds. The molecule has 0 radical (unpaired) electrons. The first-order valence-corrected chi connectivity index (χ1v) is 4.77. The molecule has 0 aromatic heterocycles. The number of hydrogen-bond donors (Lipinski definition) is 1. The Balaban J connectivity index is 2.29. The highest BCUT2D eigenvalue weighted by atomic mass is 16.3. The van der Waals surface area contributed by atoms with Gasteiger partial charge in [0.15, 0.2) is 0 Å². The molecule has 0 saturated carbocycles. The third-order valence-electron chi connectivity index (χ3n) is 2.53. The summed E-state index contributed by atoms with van der Waals surface area (Å²) in [4.78, 5) is 13.5. The van der Waals surface area contributed by atoms with Crippen LogP contribution >= 0.6 is 0 Å². The first-order chi connectivity index (χ1) is 6.68. The second kappa shape index (κ2) is 3.33. The van der Waals surface area contributed by atoms with Crippen LogP contribution in [0.4, 0.5) is 0 Å². The van der Waals surface area contributed by atoms with E-state index in [-0.39, 0.29) is 11.7 Å². The molecule has 0 aliphatic carbocycles. The Kier molecular flexibility index (Phi) is 2.15. The summed E-state index contributed by atoms with van der Waals surface area (Å²) in [7, 11) is 0. The van der Waals surface area contributed by atoms with Gasteiger partial charge in [0.2, 0.25) is 0 Å². The highest BCUT2D eigenvalue weighted by molar-refractivity contribution is 5.97. The number of phenols is 1. The van der Waals surface area contributed by atoms with Gasteiger partial charge in [-0.15, -0.1) is 0 Å². The van der Waals surface area contributed by atoms with Crippen LogP contribution in [0.1, 0.15) is 22.3 Å². The number of carbonyl (C=O) groups is 1. The number of rotatable bonds is 1. The number of aryl methyl sites for hydroxylation is 1. The van der Waals surface area contributed by atoms with E-state index in [0.717, 1.165) is 25.1 Å². The van der Waals surface area contributed by atoms with Crippen molar-refractivity contribution < 1.29 is 9.90 Å². The molecule has 3 heteroatoms. The molecule has 1 saturated heterocycles. The normalized spacial score (nSPS) is 15.1. The molecular formula is C11H13NO2. The van der Waals surface area contributed by atoms with Crippen LogP contribution in [-0.2, 0) is 0 Å². The highest BCUT2D eigenvalue weighted by Gasteiger charge is 2.23. The van der Waals surface area contributed by atoms with Gasteiger partial charge in [0.05, 0.1) is 5.56 Å². The molecule has 2 rings (SSSR count). The Hall–Kier alpha value is -1.51. The summed E-state index contributed by atoms with van der Waals surface area (Å²) < 4.78 is 0. The second-order valence-electron chi connectivity index (χ2n) is 3.67. The van der Waals surface area contributed by atoms with Crippen molar-refractivity contribution in [2.45, 2.75) is 13.3 Å². The minimum atomic E-state index is -0.0579. The van der Waals surface area contributed by atoms with Crippen LogP contribution in [-0.4, -0.2) is 29.0 Å². The minimum absolute atomic E-state index is 0.0579. The van der Waals surface area contributed by atoms with Gasteiger partial charge in [-0.25, -0.2) is 0 Å². The van der Waals surface area contributed by atoms with Crippen LogP contribution in [0.15, 0.2) is 18.2 Å². The molecule has 1 aromatic rings. The lowest BCUT2D eigenvalue weighted by Crippen LogP contribution is -2.42. The van der Waals surface area contributed by atoms with Gasteiger partial charge >= 0.3 is 0 Å². The SMILES string of the molecule is Cc1ccc(O)c(C(=O)N2CCC2)c1. The first kappa shape index (κ1) is 9.06. The number of carbonyl (C=O) groups excluding carboxylic acids is 1. The zero-order valence-electron chi connectivity index (χ0n) is 8.16. The van der Waals surface area contributed by atoms with Gasteiger partial charge in [-0.05, 0) is 25.5 Å². The third kappa shape index (κ3) is 1.45. The fraction of sp³-hybridized carbons (Fsp3) is 0.364. The van der Waals surface area contributed by atoms with E-state index in [1.165, 1.54) is 0 Å². The number of benzene rings is 1. The molecule has 1 aliphatic heterocycles. The number of amides is 1. The van der Waals surface area contributed by atoms with Crippen LogP contribution < -0.4 is 0 Å². The summed E-state index contributed by atoms with van der Waals surface area (Å²) in [6.07, 6.45) is 1.07. The van der Waals surface area contributed by atoms with E-state index >= 15 is 0 Å². The quantitative estimate of drug-likeness (QED) is 0.731. The summed E-state index contributed by atoms with van der Waals surface area (Å²) >= 11 is 0. The fourth-order valence-electron chi connectivity index (χ4n) is 1.51. The van der Waals surface area contributed by atoms with Crippen molar-refractivity contribution in [3.8, 4) is 5.75 Å². The molecule has 0 atom stereocenters. The molecular weight excluding hydrogens is 178 g/mol. The maximum atomic E-state index is 11.8. The Morgan fingerprint density at radius 1 is 1.43 bits per heavy atom. The Morgan fingerprint density at radius 3 is 2.71 bits per heavy atom. The fourth-order valence-corrected chi connectivity index (χ4v) is 1.51. The van der Waals surface area contributed by atoms with Crippen LogP contribution in [0, 0.1) is 6.92 Å². The van der Waals surface area contributed by atoms with Crippen molar-refractivity contribution in [3.05, 3.63) is 29.3 Å². The molecule has 74 valence electrons. The lowest BCUT2D eigenvalue weighted by Gasteiger charge is -2.31. The molecule has 1 aromatic carbocycles. The van der Waals surface area contributed by atoms with Crippen molar-refractivity contribution in [2.75, 3.05) is 13.1 Å². The summed E-state index contributed by atoms with van der Waals surface area (Å²) in [5, 5.41) is 9.53. The van der Waals surface area contributed by atoms with Crippen molar-refractivity contribution in [1.29, 1.82) is 0 Å². The average molecular weight is 191 g/mol. The van der Waals surface area contributed by atoms with Crippen molar-refractivity contribution >= 4 is 5.91 Å². The Bertz CT molecular complexity index is 370. The van der Waals surface area contributed by atoms with Gasteiger partial charge in [-0.2, -0.15) is 0 Å². The Morgan fingerprint density at radius 2 is 2.14 bits per heavy atom. The molecule has 1 N–H and O–H groups in total. The summed E-state index contributed by atoms with van der Waals surface area (Å²) in [6.45, 7) is 3.53. The van der Waals surface area contributed by atoms with E-state index in [9.17, 15) is 9.90 Å². The van der Waals surface area contributed by atoms with E-state index < -0.39 is 0 Å². The number of nitrogens with zero attached hydrogens (tertiary/aromatic N) is 1. The van der Waals surface area contributed by atoms with Gasteiger partial charge < -0.3 is 10.0 Å². The van der Waals surface area contributed by atoms with Crippen LogP contribution in [0.3, 0.4) is 0 Å². The lowest BCUT2D eigenvalue weighted by atomic mass is 10.1. The number of phenolic OH excluding ortho intramolecular Hbond substituents is 1. The third-order valence-corrected chi connectivity index (χ3v) is 2.53. The molecule has 3 nitrogen and oxygen atoms in total. The molecule has 0 spiro atoms. The second-order valence-corrected chi connectivity index (χ2v) is 3.67. The summed E-state index contributed by atoms with van der Waals surface area (Å²) in [6, 6.07) is 5.10. The number of hydrogen-bond acceptors (Lipinski definition) is 2. The summed E-state index contributed by atoms with van der Waals surface area (Å²) in [5.41, 5.74) is 1.41. The van der Waals surface area contributed by atoms with Crippen LogP contribution in [0.5, 0.6) is 5.75 Å². The van der Waals surface area contributed by atoms with Gasteiger partial charge in [-0.3, -0.25) is 4.79 Å². The lowest BCUT2D eigenvalue weighted by molar-refractivity contribution is 0.0648. The van der Waals surface area contributed by atoms with E-state index in [0.29, 0.717) is 5.56 Å². The van der Waals surface area contributed by atoms with Crippen molar-refractivity contribution in [2.24, 2.45) is 0 Å². The van der Waals surface area contributed by atoms with E-state index in [2.05, 4.69) is 0 Å². The topological polar surface area (TPSA) is 40.5 Å². The van der Waals surface area contributed by atoms with Gasteiger partial charge in [0.1, 0.15) is 5.75 Å². The molecule has 1 fully saturated rings. The molecule has 0 bridgehead atoms. The molecule has 1 heterocycles. The van der Waals surface area contributed by atoms with E-state index in [1.54, 1.807) is 23.1 Å². The maximum absolute atomic E-state index is 11.8. The molecule has 1 aliphatic rings. The van der Waals surface area contributed by atoms with Crippen LogP contribution in [0.25, 0.3) is 0 Å². The monoisotopic (exact) mass is 191 g/mol. The smallest absolute Gasteiger partial charge is 0.257 e. The zero-order chi connectivity index (χ0) is 10.1. The van der Waals surface area contributed by atoms with Gasteiger partial charge in [-0.1, -0.05) is 11.6 Å². The van der Waals surface area contributed by atoms with Gasteiger partial charge in [0, 0.05) is 13.1 Å². The highest BCUT2D eigenvalue weighted by Crippen LogP contribution is 2.22. The van der Waals surface area contributed by atoms with Crippen LogP contribution in [0.2, 0.25) is 0 Å². The Labute approximate surface area is 83.0 Å². The molecule has 14 heavy (non-hydrogen) atoms. The minimum Gasteiger partial charge on any atom is -0.507 e. The van der Waals surface area contributed by atoms with Gasteiger partial charge in [0.25, 0.3) is 5.91 Å². The number of likely N-dealkylation sites (tertiary alicyclic amines) is 1. The average Bonchev–Trinajstić information content (AvgIpc) is 2.06. The number of aromatic hydroxyl groups is 1. The van der Waals surface area contributed by atoms with Crippen molar-refractivity contribution in [1.82, 2.24) is 4.90 Å². The first-order valence-electron chi connectivity index (χ1n) is 4.77. The predicted molar refractivity (Wildman–Crippen MR) is 53.4 cm³/mol. The van der Waals surface area contributed by atoms with E-state index in [4.69, 9.17) is 0 Å². The summed E-state index contributed by atoms with van der Waals surface area (Å²) in [5.74, 6) is 0.0185. The van der Waals surface area contributed by atoms with Crippen molar-refractivity contribution in [3.63, 3.8) is 0 Å². The van der Waals surface area contributed by atoms with E-state index in [1.807, 2.05) is 6.92 Å². The maximum Gasteiger partial charge on any atom is 0.257 e. The molecule has 0 unspecified atom stereocenters. The largest absolute Gasteiger partial charge is 0.507 e. The predicted octanol–water partition coefficient (Wildman–Crippen LogP) is 1.55.